The van der Waals surface area contributed by atoms with Crippen LogP contribution >= 0.6 is 22.9 Å². The Morgan fingerprint density at radius 3 is 2.53 bits per heavy atom. The molecule has 0 spiro atoms. The summed E-state index contributed by atoms with van der Waals surface area (Å²) in [7, 11) is 1.53. The first-order chi connectivity index (χ1) is 15.5. The highest BCUT2D eigenvalue weighted by molar-refractivity contribution is 7.12. The van der Waals surface area contributed by atoms with Crippen molar-refractivity contribution in [1.29, 1.82) is 0 Å². The fraction of sp³-hybridized carbons (Fsp3) is 0.250. The van der Waals surface area contributed by atoms with Crippen LogP contribution < -0.4 is 20.1 Å². The number of rotatable bonds is 10. The lowest BCUT2D eigenvalue weighted by atomic mass is 10.0. The number of thiophene rings is 1. The van der Waals surface area contributed by atoms with Crippen molar-refractivity contribution in [3.8, 4) is 11.5 Å². The smallest absolute Gasteiger partial charge is 0.262 e. The lowest BCUT2D eigenvalue weighted by Crippen LogP contribution is -2.47. The second-order valence-corrected chi connectivity index (χ2v) is 8.31. The first kappa shape index (κ1) is 23.6. The summed E-state index contributed by atoms with van der Waals surface area (Å²) in [5.74, 6) is 0.400. The third-order valence-electron chi connectivity index (χ3n) is 4.69. The van der Waals surface area contributed by atoms with E-state index in [0.717, 1.165) is 11.1 Å². The minimum absolute atomic E-state index is 0.224. The van der Waals surface area contributed by atoms with Crippen LogP contribution in [0.4, 0.5) is 0 Å². The molecular formula is C24H25ClN2O4S. The minimum Gasteiger partial charge on any atom is -0.493 e. The van der Waals surface area contributed by atoms with Gasteiger partial charge in [0.05, 0.1) is 23.6 Å². The van der Waals surface area contributed by atoms with E-state index in [1.807, 2.05) is 42.6 Å². The average molecular weight is 473 g/mol. The molecule has 0 radical (unpaired) electrons. The van der Waals surface area contributed by atoms with Gasteiger partial charge in [0.25, 0.3) is 5.91 Å². The normalized spacial score (nSPS) is 11.5. The zero-order chi connectivity index (χ0) is 22.9. The second-order valence-electron chi connectivity index (χ2n) is 6.95. The maximum Gasteiger partial charge on any atom is 0.262 e. The van der Waals surface area contributed by atoms with Crippen LogP contribution in [-0.4, -0.2) is 31.6 Å². The number of carbonyl (C=O) groups excluding carboxylic acids is 2. The van der Waals surface area contributed by atoms with Crippen LogP contribution in [0.25, 0.3) is 0 Å². The summed E-state index contributed by atoms with van der Waals surface area (Å²) in [6.45, 7) is 2.54. The molecule has 8 heteroatoms. The van der Waals surface area contributed by atoms with Crippen molar-refractivity contribution in [3.05, 3.63) is 81.0 Å². The molecule has 2 amide bonds. The van der Waals surface area contributed by atoms with Gasteiger partial charge in [0, 0.05) is 13.0 Å². The number of amides is 2. The van der Waals surface area contributed by atoms with Crippen molar-refractivity contribution >= 4 is 34.8 Å². The molecule has 0 bridgehead atoms. The molecule has 2 N–H and O–H groups in total. The van der Waals surface area contributed by atoms with E-state index in [1.54, 1.807) is 24.3 Å². The minimum atomic E-state index is -0.730. The van der Waals surface area contributed by atoms with Gasteiger partial charge in [-0.2, -0.15) is 0 Å². The van der Waals surface area contributed by atoms with Crippen LogP contribution in [0.2, 0.25) is 5.02 Å². The van der Waals surface area contributed by atoms with Crippen LogP contribution in [0.5, 0.6) is 11.5 Å². The summed E-state index contributed by atoms with van der Waals surface area (Å²) in [5.41, 5.74) is 1.71. The van der Waals surface area contributed by atoms with Crippen molar-refractivity contribution in [1.82, 2.24) is 10.6 Å². The van der Waals surface area contributed by atoms with E-state index in [-0.39, 0.29) is 18.4 Å². The van der Waals surface area contributed by atoms with Gasteiger partial charge in [-0.15, -0.1) is 11.3 Å². The fourth-order valence-corrected chi connectivity index (χ4v) is 4.08. The first-order valence-corrected chi connectivity index (χ1v) is 11.4. The highest BCUT2D eigenvalue weighted by Gasteiger charge is 2.22. The predicted molar refractivity (Wildman–Crippen MR) is 127 cm³/mol. The van der Waals surface area contributed by atoms with Crippen molar-refractivity contribution in [3.63, 3.8) is 0 Å². The molecule has 2 aromatic carbocycles. The molecule has 1 heterocycles. The quantitative estimate of drug-likeness (QED) is 0.456. The molecule has 168 valence electrons. The Labute approximate surface area is 196 Å². The Morgan fingerprint density at radius 1 is 1.09 bits per heavy atom. The third kappa shape index (κ3) is 6.24. The predicted octanol–water partition coefficient (Wildman–Crippen LogP) is 4.47. The van der Waals surface area contributed by atoms with Gasteiger partial charge >= 0.3 is 0 Å². The molecule has 6 nitrogen and oxygen atoms in total. The Kier molecular flexibility index (Phi) is 8.53. The molecule has 32 heavy (non-hydrogen) atoms. The van der Waals surface area contributed by atoms with Gasteiger partial charge in [0.15, 0.2) is 11.5 Å². The van der Waals surface area contributed by atoms with Gasteiger partial charge in [-0.25, -0.2) is 0 Å². The van der Waals surface area contributed by atoms with Crippen LogP contribution in [0.1, 0.15) is 27.7 Å². The molecule has 0 saturated carbocycles. The summed E-state index contributed by atoms with van der Waals surface area (Å²) in [4.78, 5) is 26.2. The number of carbonyl (C=O) groups is 2. The summed E-state index contributed by atoms with van der Waals surface area (Å²) < 4.78 is 10.9. The average Bonchev–Trinajstić information content (AvgIpc) is 3.34. The standard InChI is InChI=1S/C24H25ClN2O4S/c1-3-31-22-18(25)12-17(14-20(22)30-2)15-26-23(28)19(13-16-8-5-4-6-9-16)27-24(29)21-10-7-11-32-21/h4-12,14,19H,3,13,15H2,1-2H3,(H,26,28)(H,27,29). The van der Waals surface area contributed by atoms with Crippen molar-refractivity contribution in [2.45, 2.75) is 25.9 Å². The van der Waals surface area contributed by atoms with Crippen molar-refractivity contribution < 1.29 is 19.1 Å². The number of hydrogen-bond acceptors (Lipinski definition) is 5. The van der Waals surface area contributed by atoms with Gasteiger partial charge in [-0.1, -0.05) is 48.0 Å². The topological polar surface area (TPSA) is 76.7 Å². The van der Waals surface area contributed by atoms with Gasteiger partial charge < -0.3 is 20.1 Å². The molecular weight excluding hydrogens is 448 g/mol. The van der Waals surface area contributed by atoms with Gasteiger partial charge in [0.1, 0.15) is 6.04 Å². The second kappa shape index (κ2) is 11.5. The zero-order valence-corrected chi connectivity index (χ0v) is 19.5. The Hall–Kier alpha value is -3.03. The molecule has 3 rings (SSSR count). The maximum atomic E-state index is 13.0. The number of hydrogen-bond donors (Lipinski definition) is 2. The van der Waals surface area contributed by atoms with Gasteiger partial charge in [-0.3, -0.25) is 9.59 Å². The van der Waals surface area contributed by atoms with Gasteiger partial charge in [0.2, 0.25) is 5.91 Å². The molecule has 0 aliphatic rings. The molecule has 0 saturated heterocycles. The monoisotopic (exact) mass is 472 g/mol. The Bertz CT molecular complexity index is 1040. The van der Waals surface area contributed by atoms with E-state index >= 15 is 0 Å². The molecule has 1 atom stereocenters. The number of methoxy groups -OCH3 is 1. The summed E-state index contributed by atoms with van der Waals surface area (Å²) in [6, 6.07) is 15.9. The van der Waals surface area contributed by atoms with Crippen molar-refractivity contribution in [2.75, 3.05) is 13.7 Å². The molecule has 1 unspecified atom stereocenters. The van der Waals surface area contributed by atoms with E-state index in [0.29, 0.717) is 34.4 Å². The number of nitrogens with one attached hydrogen (secondary N) is 2. The molecule has 0 aliphatic carbocycles. The highest BCUT2D eigenvalue weighted by atomic mass is 35.5. The Morgan fingerprint density at radius 2 is 1.88 bits per heavy atom. The third-order valence-corrected chi connectivity index (χ3v) is 5.84. The fourth-order valence-electron chi connectivity index (χ4n) is 3.17. The van der Waals surface area contributed by atoms with E-state index in [2.05, 4.69) is 10.6 Å². The lowest BCUT2D eigenvalue weighted by Gasteiger charge is -2.19. The maximum absolute atomic E-state index is 13.0. The lowest BCUT2D eigenvalue weighted by molar-refractivity contribution is -0.123. The van der Waals surface area contributed by atoms with Crippen LogP contribution in [0.3, 0.4) is 0 Å². The highest BCUT2D eigenvalue weighted by Crippen LogP contribution is 2.36. The number of halogens is 1. The SMILES string of the molecule is CCOc1c(Cl)cc(CNC(=O)C(Cc2ccccc2)NC(=O)c2cccs2)cc1OC. The molecule has 0 fully saturated rings. The van der Waals surface area contributed by atoms with Crippen LogP contribution in [0.15, 0.2) is 60.0 Å². The van der Waals surface area contributed by atoms with E-state index in [4.69, 9.17) is 21.1 Å². The summed E-state index contributed by atoms with van der Waals surface area (Å²) in [6.07, 6.45) is 0.372. The number of ether oxygens (including phenoxy) is 2. The first-order valence-electron chi connectivity index (χ1n) is 10.2. The molecule has 3 aromatic rings. The van der Waals surface area contributed by atoms with Gasteiger partial charge in [-0.05, 0) is 41.6 Å². The Balaban J connectivity index is 1.73. The van der Waals surface area contributed by atoms with E-state index in [9.17, 15) is 9.59 Å². The van der Waals surface area contributed by atoms with E-state index in [1.165, 1.54) is 18.4 Å². The van der Waals surface area contributed by atoms with Crippen LogP contribution in [0, 0.1) is 0 Å². The number of benzene rings is 2. The van der Waals surface area contributed by atoms with E-state index < -0.39 is 6.04 Å². The molecule has 1 aromatic heterocycles. The summed E-state index contributed by atoms with van der Waals surface area (Å²) >= 11 is 7.66. The summed E-state index contributed by atoms with van der Waals surface area (Å²) in [5, 5.41) is 7.98. The van der Waals surface area contributed by atoms with Crippen LogP contribution in [-0.2, 0) is 17.8 Å². The molecule has 0 aliphatic heterocycles. The largest absolute Gasteiger partial charge is 0.493 e. The van der Waals surface area contributed by atoms with Crippen molar-refractivity contribution in [2.24, 2.45) is 0 Å². The zero-order valence-electron chi connectivity index (χ0n) is 17.9.